The first kappa shape index (κ1) is 22.0. The van der Waals surface area contributed by atoms with Gasteiger partial charge in [0.15, 0.2) is 5.82 Å². The lowest BCUT2D eigenvalue weighted by Crippen LogP contribution is -2.34. The van der Waals surface area contributed by atoms with Gasteiger partial charge in [0.1, 0.15) is 5.82 Å². The molecule has 0 aliphatic carbocycles. The van der Waals surface area contributed by atoms with Gasteiger partial charge in [0.2, 0.25) is 10.0 Å². The lowest BCUT2D eigenvalue weighted by molar-refractivity contribution is 0.303. The first-order valence-electron chi connectivity index (χ1n) is 9.75. The highest BCUT2D eigenvalue weighted by Gasteiger charge is 2.28. The fourth-order valence-electron chi connectivity index (χ4n) is 3.48. The summed E-state index contributed by atoms with van der Waals surface area (Å²) in [7, 11) is -3.35. The van der Waals surface area contributed by atoms with Gasteiger partial charge in [0.05, 0.1) is 12.3 Å². The van der Waals surface area contributed by atoms with Crippen LogP contribution in [0.1, 0.15) is 37.1 Å². The van der Waals surface area contributed by atoms with Crippen molar-refractivity contribution < 1.29 is 8.42 Å². The normalized spacial score (nSPS) is 17.2. The topological polar surface area (TPSA) is 80.1 Å². The van der Waals surface area contributed by atoms with Crippen LogP contribution in [-0.4, -0.2) is 54.0 Å². The Bertz CT molecular complexity index is 957. The SMILES string of the molecule is CC(C)[C@H](NS(C)(=O)=O)c1nnc2n1CCN(C/C(Cl)=C/c1ccccc1)CC2. The van der Waals surface area contributed by atoms with E-state index in [1.165, 1.54) is 6.26 Å². The Balaban J connectivity index is 1.71. The molecule has 29 heavy (non-hydrogen) atoms. The van der Waals surface area contributed by atoms with Gasteiger partial charge in [0, 0.05) is 37.6 Å². The number of hydrogen-bond acceptors (Lipinski definition) is 5. The summed E-state index contributed by atoms with van der Waals surface area (Å²) >= 11 is 6.49. The van der Waals surface area contributed by atoms with Crippen LogP contribution in [0, 0.1) is 5.92 Å². The zero-order valence-corrected chi connectivity index (χ0v) is 18.6. The Morgan fingerprint density at radius 3 is 2.59 bits per heavy atom. The molecule has 1 aliphatic heterocycles. The molecule has 158 valence electrons. The first-order chi connectivity index (χ1) is 13.7. The molecule has 3 rings (SSSR count). The van der Waals surface area contributed by atoms with Gasteiger partial charge >= 0.3 is 0 Å². The molecule has 0 bridgehead atoms. The third-order valence-electron chi connectivity index (χ3n) is 4.93. The number of benzene rings is 1. The molecule has 0 unspecified atom stereocenters. The van der Waals surface area contributed by atoms with Gasteiger partial charge in [-0.2, -0.15) is 0 Å². The van der Waals surface area contributed by atoms with E-state index in [1.807, 2.05) is 50.3 Å². The lowest BCUT2D eigenvalue weighted by Gasteiger charge is -2.22. The molecule has 0 radical (unpaired) electrons. The second kappa shape index (κ2) is 9.38. The number of aromatic nitrogens is 3. The van der Waals surface area contributed by atoms with Crippen LogP contribution in [0.15, 0.2) is 35.4 Å². The van der Waals surface area contributed by atoms with Gasteiger partial charge in [-0.3, -0.25) is 4.90 Å². The van der Waals surface area contributed by atoms with Crippen LogP contribution in [0.25, 0.3) is 6.08 Å². The third kappa shape index (κ3) is 6.12. The minimum Gasteiger partial charge on any atom is -0.312 e. The Morgan fingerprint density at radius 2 is 1.93 bits per heavy atom. The maximum atomic E-state index is 11.8. The Hall–Kier alpha value is -1.74. The van der Waals surface area contributed by atoms with Crippen molar-refractivity contribution >= 4 is 27.7 Å². The third-order valence-corrected chi connectivity index (χ3v) is 5.84. The van der Waals surface area contributed by atoms with Gasteiger partial charge in [0.25, 0.3) is 0 Å². The smallest absolute Gasteiger partial charge is 0.209 e. The van der Waals surface area contributed by atoms with E-state index < -0.39 is 16.1 Å². The standard InChI is InChI=1S/C20H28ClN5O2S/c1-15(2)19(24-29(3,27)28)20-23-22-18-9-10-25(11-12-26(18)20)14-17(21)13-16-7-5-4-6-8-16/h4-8,13,15,19,24H,9-12,14H2,1-3H3/b17-13-/t19-/m0/s1. The van der Waals surface area contributed by atoms with E-state index >= 15 is 0 Å². The average Bonchev–Trinajstić information content (AvgIpc) is 2.94. The molecule has 1 aromatic heterocycles. The number of fused-ring (bicyclic) bond motifs is 1. The molecule has 9 heteroatoms. The highest BCUT2D eigenvalue weighted by atomic mass is 35.5. The maximum Gasteiger partial charge on any atom is 0.209 e. The predicted molar refractivity (Wildman–Crippen MR) is 116 cm³/mol. The lowest BCUT2D eigenvalue weighted by atomic mass is 10.1. The molecule has 2 aromatic rings. The van der Waals surface area contributed by atoms with Crippen LogP contribution in [-0.2, 0) is 23.0 Å². The summed E-state index contributed by atoms with van der Waals surface area (Å²) < 4.78 is 28.4. The summed E-state index contributed by atoms with van der Waals surface area (Å²) in [4.78, 5) is 2.29. The van der Waals surface area contributed by atoms with Crippen LogP contribution in [0.3, 0.4) is 0 Å². The summed E-state index contributed by atoms with van der Waals surface area (Å²) in [5, 5.41) is 9.44. The molecule has 1 atom stereocenters. The fraction of sp³-hybridized carbons (Fsp3) is 0.500. The number of hydrogen-bond donors (Lipinski definition) is 1. The highest BCUT2D eigenvalue weighted by Crippen LogP contribution is 2.23. The van der Waals surface area contributed by atoms with Crippen LogP contribution in [0.2, 0.25) is 0 Å². The minimum absolute atomic E-state index is 0.0561. The van der Waals surface area contributed by atoms with Crippen molar-refractivity contribution in [2.24, 2.45) is 5.92 Å². The second-order valence-electron chi connectivity index (χ2n) is 7.77. The van der Waals surface area contributed by atoms with E-state index in [1.54, 1.807) is 0 Å². The van der Waals surface area contributed by atoms with E-state index in [2.05, 4.69) is 24.4 Å². The molecular formula is C20H28ClN5O2S. The van der Waals surface area contributed by atoms with E-state index in [4.69, 9.17) is 11.6 Å². The monoisotopic (exact) mass is 437 g/mol. The highest BCUT2D eigenvalue weighted by molar-refractivity contribution is 7.88. The molecule has 7 nitrogen and oxygen atoms in total. The predicted octanol–water partition coefficient (Wildman–Crippen LogP) is 2.66. The van der Waals surface area contributed by atoms with Crippen molar-refractivity contribution in [3.8, 4) is 0 Å². The largest absolute Gasteiger partial charge is 0.312 e. The molecule has 0 fully saturated rings. The average molecular weight is 438 g/mol. The van der Waals surface area contributed by atoms with Crippen LogP contribution < -0.4 is 4.72 Å². The first-order valence-corrected chi connectivity index (χ1v) is 12.0. The number of halogens is 1. The van der Waals surface area contributed by atoms with Gasteiger partial charge in [-0.05, 0) is 17.6 Å². The van der Waals surface area contributed by atoms with Crippen LogP contribution in [0.4, 0.5) is 0 Å². The number of sulfonamides is 1. The molecule has 0 amide bonds. The second-order valence-corrected chi connectivity index (χ2v) is 10.0. The van der Waals surface area contributed by atoms with Gasteiger partial charge < -0.3 is 4.57 Å². The number of nitrogens with one attached hydrogen (secondary N) is 1. The summed E-state index contributed by atoms with van der Waals surface area (Å²) in [5.74, 6) is 1.61. The summed E-state index contributed by atoms with van der Waals surface area (Å²) in [5.41, 5.74) is 1.08. The van der Waals surface area contributed by atoms with E-state index in [-0.39, 0.29) is 5.92 Å². The van der Waals surface area contributed by atoms with Gasteiger partial charge in [-0.25, -0.2) is 13.1 Å². The quantitative estimate of drug-likeness (QED) is 0.720. The summed E-state index contributed by atoms with van der Waals surface area (Å²) in [6.45, 7) is 6.92. The van der Waals surface area contributed by atoms with Crippen molar-refractivity contribution in [1.82, 2.24) is 24.4 Å². The van der Waals surface area contributed by atoms with Crippen molar-refractivity contribution in [3.63, 3.8) is 0 Å². The zero-order valence-electron chi connectivity index (χ0n) is 17.0. The Labute approximate surface area is 177 Å². The fourth-order valence-corrected chi connectivity index (χ4v) is 4.62. The molecule has 1 aliphatic rings. The Kier molecular flexibility index (Phi) is 7.10. The molecule has 0 saturated carbocycles. The van der Waals surface area contributed by atoms with E-state index in [0.717, 1.165) is 35.9 Å². The number of rotatable bonds is 7. The summed E-state index contributed by atoms with van der Waals surface area (Å²) in [6.07, 6.45) is 3.90. The van der Waals surface area contributed by atoms with Crippen LogP contribution >= 0.6 is 11.6 Å². The van der Waals surface area contributed by atoms with Crippen molar-refractivity contribution in [1.29, 1.82) is 0 Å². The zero-order chi connectivity index (χ0) is 21.0. The molecule has 0 saturated heterocycles. The molecule has 1 N–H and O–H groups in total. The van der Waals surface area contributed by atoms with E-state index in [0.29, 0.717) is 18.9 Å². The minimum atomic E-state index is -3.35. The van der Waals surface area contributed by atoms with Crippen molar-refractivity contribution in [2.45, 2.75) is 32.9 Å². The van der Waals surface area contributed by atoms with E-state index in [9.17, 15) is 8.42 Å². The van der Waals surface area contributed by atoms with Crippen molar-refractivity contribution in [3.05, 3.63) is 52.6 Å². The maximum absolute atomic E-state index is 11.8. The van der Waals surface area contributed by atoms with Crippen molar-refractivity contribution in [2.75, 3.05) is 25.9 Å². The summed E-state index contributed by atoms with van der Waals surface area (Å²) in [6, 6.07) is 9.62. The number of nitrogens with zero attached hydrogens (tertiary/aromatic N) is 4. The molecular weight excluding hydrogens is 410 g/mol. The molecule has 0 spiro atoms. The van der Waals surface area contributed by atoms with Gasteiger partial charge in [-0.1, -0.05) is 55.8 Å². The van der Waals surface area contributed by atoms with Gasteiger partial charge in [-0.15, -0.1) is 10.2 Å². The molecule has 1 aromatic carbocycles. The molecule has 2 heterocycles. The Morgan fingerprint density at radius 1 is 1.21 bits per heavy atom. The van der Waals surface area contributed by atoms with Crippen LogP contribution in [0.5, 0.6) is 0 Å².